The molecule has 9 heavy (non-hydrogen) atoms. The molecule has 0 aromatic heterocycles. The molecular weight excluding hydrogens is 155 g/mol. The van der Waals surface area contributed by atoms with Gasteiger partial charge in [0.15, 0.2) is 0 Å². The molecule has 0 atom stereocenters. The third-order valence-electron chi connectivity index (χ3n) is 0.864. The van der Waals surface area contributed by atoms with Crippen molar-refractivity contribution in [3.8, 4) is 0 Å². The summed E-state index contributed by atoms with van der Waals surface area (Å²) in [4.78, 5) is 0. The lowest BCUT2D eigenvalue weighted by Gasteiger charge is -1.90. The highest BCUT2D eigenvalue weighted by atomic mass is 35.5. The van der Waals surface area contributed by atoms with Gasteiger partial charge in [-0.1, -0.05) is 50.4 Å². The van der Waals surface area contributed by atoms with Gasteiger partial charge in [-0.25, -0.2) is 0 Å². The second-order valence-electron chi connectivity index (χ2n) is 2.05. The molecule has 0 aliphatic heterocycles. The van der Waals surface area contributed by atoms with Crippen LogP contribution in [0, 0.1) is 5.92 Å². The standard InChI is InChI=1S/C5H12.C2H2Cl2/c1-4-5(2)3;3-1-2-4/h5H,4H2,1-3H3;1-2H. The van der Waals surface area contributed by atoms with Gasteiger partial charge in [-0.2, -0.15) is 0 Å². The minimum atomic E-state index is 0.884. The van der Waals surface area contributed by atoms with Gasteiger partial charge >= 0.3 is 0 Å². The van der Waals surface area contributed by atoms with Crippen molar-refractivity contribution in [1.29, 1.82) is 0 Å². The van der Waals surface area contributed by atoms with E-state index in [1.807, 2.05) is 0 Å². The van der Waals surface area contributed by atoms with Gasteiger partial charge in [-0.05, 0) is 5.92 Å². The Morgan fingerprint density at radius 3 is 1.44 bits per heavy atom. The van der Waals surface area contributed by atoms with E-state index < -0.39 is 0 Å². The van der Waals surface area contributed by atoms with Crippen LogP contribution in [-0.4, -0.2) is 0 Å². The van der Waals surface area contributed by atoms with E-state index >= 15 is 0 Å². The molecule has 0 aliphatic carbocycles. The lowest BCUT2D eigenvalue weighted by molar-refractivity contribution is 0.626. The summed E-state index contributed by atoms with van der Waals surface area (Å²) in [5.41, 5.74) is 2.48. The first-order valence-corrected chi connectivity index (χ1v) is 3.91. The molecule has 0 aromatic carbocycles. The Balaban J connectivity index is 0. The van der Waals surface area contributed by atoms with E-state index in [1.165, 1.54) is 17.5 Å². The largest absolute Gasteiger partial charge is 0.0920 e. The van der Waals surface area contributed by atoms with E-state index in [0.29, 0.717) is 0 Å². The predicted molar refractivity (Wildman–Crippen MR) is 46.0 cm³/mol. The molecule has 2 heteroatoms. The van der Waals surface area contributed by atoms with Crippen molar-refractivity contribution < 1.29 is 0 Å². The van der Waals surface area contributed by atoms with Crippen LogP contribution in [0.2, 0.25) is 0 Å². The Labute approximate surface area is 67.9 Å². The minimum absolute atomic E-state index is 0.884. The average molecular weight is 169 g/mol. The lowest BCUT2D eigenvalue weighted by atomic mass is 10.2. The zero-order valence-electron chi connectivity index (χ0n) is 6.20. The fourth-order valence-electron chi connectivity index (χ4n) is 0. The molecule has 0 aliphatic rings. The van der Waals surface area contributed by atoms with Crippen LogP contribution in [0.25, 0.3) is 0 Å². The first-order chi connectivity index (χ1) is 4.18. The van der Waals surface area contributed by atoms with E-state index in [-0.39, 0.29) is 0 Å². The van der Waals surface area contributed by atoms with Crippen molar-refractivity contribution in [2.24, 2.45) is 5.92 Å². The molecule has 0 N–H and O–H groups in total. The number of rotatable bonds is 1. The molecule has 0 unspecified atom stereocenters. The summed E-state index contributed by atoms with van der Waals surface area (Å²) in [6.45, 7) is 6.64. The van der Waals surface area contributed by atoms with Crippen LogP contribution in [-0.2, 0) is 0 Å². The van der Waals surface area contributed by atoms with Crippen molar-refractivity contribution in [1.82, 2.24) is 0 Å². The van der Waals surface area contributed by atoms with Crippen LogP contribution in [0.5, 0.6) is 0 Å². The Morgan fingerprint density at radius 2 is 1.44 bits per heavy atom. The summed E-state index contributed by atoms with van der Waals surface area (Å²) in [5.74, 6) is 0.884. The summed E-state index contributed by atoms with van der Waals surface area (Å²) < 4.78 is 0. The van der Waals surface area contributed by atoms with Crippen LogP contribution in [0.15, 0.2) is 11.1 Å². The van der Waals surface area contributed by atoms with Gasteiger partial charge in [-0.3, -0.25) is 0 Å². The third-order valence-corrected chi connectivity index (χ3v) is 1.25. The molecule has 0 spiro atoms. The Bertz CT molecular complexity index is 53.9. The van der Waals surface area contributed by atoms with Crippen molar-refractivity contribution in [2.75, 3.05) is 0 Å². The number of hydrogen-bond donors (Lipinski definition) is 0. The van der Waals surface area contributed by atoms with Crippen molar-refractivity contribution in [3.63, 3.8) is 0 Å². The first kappa shape index (κ1) is 12.0. The van der Waals surface area contributed by atoms with Crippen LogP contribution in [0.1, 0.15) is 27.2 Å². The second kappa shape index (κ2) is 11.2. The maximum Gasteiger partial charge on any atom is 0.0156 e. The van der Waals surface area contributed by atoms with Crippen molar-refractivity contribution in [2.45, 2.75) is 27.2 Å². The molecule has 0 saturated carbocycles. The topological polar surface area (TPSA) is 0 Å². The summed E-state index contributed by atoms with van der Waals surface area (Å²) in [6, 6.07) is 0. The van der Waals surface area contributed by atoms with Crippen LogP contribution in [0.3, 0.4) is 0 Å². The van der Waals surface area contributed by atoms with Crippen molar-refractivity contribution >= 4 is 23.2 Å². The zero-order valence-corrected chi connectivity index (χ0v) is 7.71. The van der Waals surface area contributed by atoms with E-state index in [0.717, 1.165) is 5.92 Å². The number of halogens is 2. The monoisotopic (exact) mass is 168 g/mol. The van der Waals surface area contributed by atoms with Gasteiger partial charge in [0.1, 0.15) is 0 Å². The Hall–Kier alpha value is 0.320. The quantitative estimate of drug-likeness (QED) is 0.556. The highest BCUT2D eigenvalue weighted by Crippen LogP contribution is 1.93. The second-order valence-corrected chi connectivity index (χ2v) is 2.56. The molecule has 0 bridgehead atoms. The maximum atomic E-state index is 4.87. The summed E-state index contributed by atoms with van der Waals surface area (Å²) in [7, 11) is 0. The fourth-order valence-corrected chi connectivity index (χ4v) is 0. The van der Waals surface area contributed by atoms with Crippen molar-refractivity contribution in [3.05, 3.63) is 11.1 Å². The maximum absolute atomic E-state index is 4.87. The third kappa shape index (κ3) is 30.1. The normalized spacial score (nSPS) is 9.56. The van der Waals surface area contributed by atoms with Crippen LogP contribution >= 0.6 is 23.2 Å². The SMILES string of the molecule is CCC(C)C.ClC=CCl. The molecule has 0 radical (unpaired) electrons. The smallest absolute Gasteiger partial charge is 0.0156 e. The molecule has 0 amide bonds. The van der Waals surface area contributed by atoms with Gasteiger partial charge in [0.05, 0.1) is 0 Å². The van der Waals surface area contributed by atoms with Gasteiger partial charge in [0.2, 0.25) is 0 Å². The first-order valence-electron chi connectivity index (χ1n) is 3.04. The summed E-state index contributed by atoms with van der Waals surface area (Å²) in [6.07, 6.45) is 1.31. The minimum Gasteiger partial charge on any atom is -0.0920 e. The highest BCUT2D eigenvalue weighted by molar-refractivity contribution is 6.33. The summed E-state index contributed by atoms with van der Waals surface area (Å²) in [5, 5.41) is 0. The molecule has 0 heterocycles. The number of hydrogen-bond acceptors (Lipinski definition) is 0. The molecule has 56 valence electrons. The van der Waals surface area contributed by atoms with E-state index in [9.17, 15) is 0 Å². The molecule has 0 rings (SSSR count). The van der Waals surface area contributed by atoms with Gasteiger partial charge in [0, 0.05) is 11.1 Å². The van der Waals surface area contributed by atoms with E-state index in [4.69, 9.17) is 23.2 Å². The van der Waals surface area contributed by atoms with E-state index in [1.54, 1.807) is 0 Å². The Morgan fingerprint density at radius 1 is 1.22 bits per heavy atom. The lowest BCUT2D eigenvalue weighted by Crippen LogP contribution is -1.77. The van der Waals surface area contributed by atoms with Crippen LogP contribution in [0.4, 0.5) is 0 Å². The molecular formula is C7H14Cl2. The van der Waals surface area contributed by atoms with Gasteiger partial charge < -0.3 is 0 Å². The average Bonchev–Trinajstić information content (AvgIpc) is 1.89. The van der Waals surface area contributed by atoms with Crippen LogP contribution < -0.4 is 0 Å². The van der Waals surface area contributed by atoms with Gasteiger partial charge in [0.25, 0.3) is 0 Å². The molecule has 0 aromatic rings. The molecule has 0 nitrogen and oxygen atoms in total. The highest BCUT2D eigenvalue weighted by Gasteiger charge is 1.80. The Kier molecular flexibility index (Phi) is 14.9. The predicted octanol–water partition coefficient (Wildman–Crippen LogP) is 3.99. The fraction of sp³-hybridized carbons (Fsp3) is 0.714. The molecule has 0 saturated heterocycles. The van der Waals surface area contributed by atoms with E-state index in [2.05, 4.69) is 20.8 Å². The summed E-state index contributed by atoms with van der Waals surface area (Å²) >= 11 is 9.75. The molecule has 0 fully saturated rings. The van der Waals surface area contributed by atoms with Gasteiger partial charge in [-0.15, -0.1) is 0 Å². The zero-order chi connectivity index (χ0) is 7.70.